The second-order valence-corrected chi connectivity index (χ2v) is 6.30. The molecule has 0 aliphatic carbocycles. The summed E-state index contributed by atoms with van der Waals surface area (Å²) in [5, 5.41) is 6.37. The molecular formula is C18H28N2O2. The van der Waals surface area contributed by atoms with Gasteiger partial charge in [0.25, 0.3) is 0 Å². The summed E-state index contributed by atoms with van der Waals surface area (Å²) in [6, 6.07) is 7.95. The minimum absolute atomic E-state index is 0.130. The van der Waals surface area contributed by atoms with E-state index in [1.807, 2.05) is 31.2 Å². The fourth-order valence-electron chi connectivity index (χ4n) is 2.96. The minimum atomic E-state index is 0.130. The Bertz CT molecular complexity index is 470. The van der Waals surface area contributed by atoms with Crippen molar-refractivity contribution in [2.24, 2.45) is 11.8 Å². The van der Waals surface area contributed by atoms with Crippen molar-refractivity contribution >= 4 is 5.91 Å². The number of rotatable bonds is 7. The number of nitrogens with one attached hydrogen (secondary N) is 2. The van der Waals surface area contributed by atoms with Crippen LogP contribution in [0.15, 0.2) is 24.3 Å². The number of ether oxygens (including phenoxy) is 1. The van der Waals surface area contributed by atoms with Crippen LogP contribution in [-0.2, 0) is 4.79 Å². The fourth-order valence-corrected chi connectivity index (χ4v) is 2.96. The second kappa shape index (κ2) is 8.79. The van der Waals surface area contributed by atoms with Crippen molar-refractivity contribution in [1.82, 2.24) is 10.6 Å². The molecule has 1 aromatic carbocycles. The Hall–Kier alpha value is -1.55. The van der Waals surface area contributed by atoms with Gasteiger partial charge in [0.05, 0.1) is 6.54 Å². The highest BCUT2D eigenvalue weighted by atomic mass is 16.5. The molecule has 1 saturated heterocycles. The quantitative estimate of drug-likeness (QED) is 0.761. The average Bonchev–Trinajstić information content (AvgIpc) is 2.52. The Balaban J connectivity index is 1.61. The first kappa shape index (κ1) is 16.8. The summed E-state index contributed by atoms with van der Waals surface area (Å²) in [5.74, 6) is 2.05. The highest BCUT2D eigenvalue weighted by Crippen LogP contribution is 2.22. The zero-order chi connectivity index (χ0) is 15.8. The van der Waals surface area contributed by atoms with Crippen molar-refractivity contribution in [3.63, 3.8) is 0 Å². The first-order valence-corrected chi connectivity index (χ1v) is 8.32. The smallest absolute Gasteiger partial charge is 0.220 e. The SMILES string of the molecule is Cc1cccc(OCCNC(=O)CC(C)C2CCCNC2)c1. The molecule has 2 N–H and O–H groups in total. The minimum Gasteiger partial charge on any atom is -0.492 e. The molecule has 2 atom stereocenters. The van der Waals surface area contributed by atoms with E-state index in [-0.39, 0.29) is 5.91 Å². The normalized spacial score (nSPS) is 19.5. The van der Waals surface area contributed by atoms with Gasteiger partial charge >= 0.3 is 0 Å². The van der Waals surface area contributed by atoms with E-state index < -0.39 is 0 Å². The molecule has 0 saturated carbocycles. The Morgan fingerprint density at radius 2 is 2.36 bits per heavy atom. The Morgan fingerprint density at radius 3 is 3.09 bits per heavy atom. The summed E-state index contributed by atoms with van der Waals surface area (Å²) in [4.78, 5) is 12.0. The highest BCUT2D eigenvalue weighted by molar-refractivity contribution is 5.76. The van der Waals surface area contributed by atoms with Gasteiger partial charge in [0.2, 0.25) is 5.91 Å². The number of aryl methyl sites for hydroxylation is 1. The Kier molecular flexibility index (Phi) is 6.72. The van der Waals surface area contributed by atoms with Gasteiger partial charge < -0.3 is 15.4 Å². The molecule has 1 heterocycles. The van der Waals surface area contributed by atoms with E-state index in [0.29, 0.717) is 31.4 Å². The van der Waals surface area contributed by atoms with Crippen molar-refractivity contribution in [3.05, 3.63) is 29.8 Å². The lowest BCUT2D eigenvalue weighted by Crippen LogP contribution is -2.36. The molecule has 1 aromatic rings. The van der Waals surface area contributed by atoms with Crippen LogP contribution >= 0.6 is 0 Å². The molecule has 0 spiro atoms. The van der Waals surface area contributed by atoms with Crippen molar-refractivity contribution in [2.75, 3.05) is 26.2 Å². The second-order valence-electron chi connectivity index (χ2n) is 6.30. The van der Waals surface area contributed by atoms with Crippen LogP contribution in [0.4, 0.5) is 0 Å². The monoisotopic (exact) mass is 304 g/mol. The lowest BCUT2D eigenvalue weighted by Gasteiger charge is -2.28. The summed E-state index contributed by atoms with van der Waals surface area (Å²) in [7, 11) is 0. The van der Waals surface area contributed by atoms with E-state index in [9.17, 15) is 4.79 Å². The summed E-state index contributed by atoms with van der Waals surface area (Å²) in [5.41, 5.74) is 1.18. The topological polar surface area (TPSA) is 50.4 Å². The lowest BCUT2D eigenvalue weighted by molar-refractivity contribution is -0.122. The van der Waals surface area contributed by atoms with Gasteiger partial charge in [-0.15, -0.1) is 0 Å². The molecule has 22 heavy (non-hydrogen) atoms. The molecule has 1 fully saturated rings. The lowest BCUT2D eigenvalue weighted by atomic mass is 9.85. The van der Waals surface area contributed by atoms with E-state index >= 15 is 0 Å². The number of carbonyl (C=O) groups excluding carboxylic acids is 1. The maximum atomic E-state index is 12.0. The van der Waals surface area contributed by atoms with Gasteiger partial charge in [-0.1, -0.05) is 19.1 Å². The summed E-state index contributed by atoms with van der Waals surface area (Å²) < 4.78 is 5.63. The molecule has 4 nitrogen and oxygen atoms in total. The molecule has 1 aliphatic heterocycles. The molecule has 0 bridgehead atoms. The van der Waals surface area contributed by atoms with Crippen LogP contribution in [-0.4, -0.2) is 32.1 Å². The standard InChI is InChI=1S/C18H28N2O2/c1-14-5-3-7-17(11-14)22-10-9-20-18(21)12-15(2)16-6-4-8-19-13-16/h3,5,7,11,15-16,19H,4,6,8-10,12-13H2,1-2H3,(H,20,21). The average molecular weight is 304 g/mol. The molecule has 0 aromatic heterocycles. The number of carbonyl (C=O) groups is 1. The van der Waals surface area contributed by atoms with Crippen molar-refractivity contribution in [2.45, 2.75) is 33.1 Å². The summed E-state index contributed by atoms with van der Waals surface area (Å²) >= 11 is 0. The molecule has 4 heteroatoms. The molecule has 0 radical (unpaired) electrons. The Labute approximate surface area is 133 Å². The van der Waals surface area contributed by atoms with E-state index in [2.05, 4.69) is 17.6 Å². The van der Waals surface area contributed by atoms with Crippen LogP contribution in [0.25, 0.3) is 0 Å². The largest absolute Gasteiger partial charge is 0.492 e. The van der Waals surface area contributed by atoms with Gasteiger partial charge in [-0.3, -0.25) is 4.79 Å². The first-order valence-electron chi connectivity index (χ1n) is 8.32. The van der Waals surface area contributed by atoms with E-state index in [1.54, 1.807) is 0 Å². The van der Waals surface area contributed by atoms with Crippen LogP contribution in [0, 0.1) is 18.8 Å². The van der Waals surface area contributed by atoms with Gasteiger partial charge in [0, 0.05) is 6.42 Å². The van der Waals surface area contributed by atoms with Crippen LogP contribution in [0.3, 0.4) is 0 Å². The third-order valence-electron chi connectivity index (χ3n) is 4.33. The number of amides is 1. The molecular weight excluding hydrogens is 276 g/mol. The molecule has 1 amide bonds. The third-order valence-corrected chi connectivity index (χ3v) is 4.33. The summed E-state index contributed by atoms with van der Waals surface area (Å²) in [6.45, 7) is 7.45. The van der Waals surface area contributed by atoms with Crippen molar-refractivity contribution in [1.29, 1.82) is 0 Å². The van der Waals surface area contributed by atoms with Crippen molar-refractivity contribution < 1.29 is 9.53 Å². The number of hydrogen-bond acceptors (Lipinski definition) is 3. The predicted octanol–water partition coefficient (Wildman–Crippen LogP) is 2.52. The van der Waals surface area contributed by atoms with Crippen molar-refractivity contribution in [3.8, 4) is 5.75 Å². The highest BCUT2D eigenvalue weighted by Gasteiger charge is 2.21. The maximum absolute atomic E-state index is 12.0. The van der Waals surface area contributed by atoms with Gasteiger partial charge in [-0.25, -0.2) is 0 Å². The molecule has 1 aliphatic rings. The Morgan fingerprint density at radius 1 is 1.50 bits per heavy atom. The van der Waals surface area contributed by atoms with Crippen LogP contribution < -0.4 is 15.4 Å². The van der Waals surface area contributed by atoms with Gasteiger partial charge in [0.15, 0.2) is 0 Å². The molecule has 2 unspecified atom stereocenters. The maximum Gasteiger partial charge on any atom is 0.220 e. The number of piperidine rings is 1. The molecule has 2 rings (SSSR count). The summed E-state index contributed by atoms with van der Waals surface area (Å²) in [6.07, 6.45) is 3.07. The van der Waals surface area contributed by atoms with Gasteiger partial charge in [-0.2, -0.15) is 0 Å². The number of hydrogen-bond donors (Lipinski definition) is 2. The van der Waals surface area contributed by atoms with Crippen LogP contribution in [0.2, 0.25) is 0 Å². The third kappa shape index (κ3) is 5.68. The van der Waals surface area contributed by atoms with Gasteiger partial charge in [-0.05, 0) is 62.4 Å². The van der Waals surface area contributed by atoms with E-state index in [4.69, 9.17) is 4.74 Å². The fraction of sp³-hybridized carbons (Fsp3) is 0.611. The first-order chi connectivity index (χ1) is 10.6. The predicted molar refractivity (Wildman–Crippen MR) is 89.1 cm³/mol. The number of benzene rings is 1. The zero-order valence-corrected chi connectivity index (χ0v) is 13.7. The zero-order valence-electron chi connectivity index (χ0n) is 13.7. The van der Waals surface area contributed by atoms with Crippen LogP contribution in [0.5, 0.6) is 5.75 Å². The van der Waals surface area contributed by atoms with E-state index in [0.717, 1.165) is 18.8 Å². The molecule has 122 valence electrons. The van der Waals surface area contributed by atoms with Crippen LogP contribution in [0.1, 0.15) is 31.7 Å². The van der Waals surface area contributed by atoms with E-state index in [1.165, 1.54) is 18.4 Å². The van der Waals surface area contributed by atoms with Gasteiger partial charge in [0.1, 0.15) is 12.4 Å².